The fraction of sp³-hybridized carbons (Fsp3) is 0.522. The Kier molecular flexibility index (Phi) is 6.74. The van der Waals surface area contributed by atoms with Crippen molar-refractivity contribution in [3.63, 3.8) is 0 Å². The van der Waals surface area contributed by atoms with Gasteiger partial charge in [-0.1, -0.05) is 26.8 Å². The summed E-state index contributed by atoms with van der Waals surface area (Å²) in [6.07, 6.45) is 0. The molecule has 0 amide bonds. The fourth-order valence-corrected chi connectivity index (χ4v) is 6.70. The lowest BCUT2D eigenvalue weighted by Crippen LogP contribution is -2.40. The summed E-state index contributed by atoms with van der Waals surface area (Å²) in [7, 11) is -3.55. The average molecular weight is 477 g/mol. The van der Waals surface area contributed by atoms with Crippen molar-refractivity contribution in [2.75, 3.05) is 26.3 Å². The Morgan fingerprint density at radius 1 is 1.22 bits per heavy atom. The van der Waals surface area contributed by atoms with Gasteiger partial charge in [0.2, 0.25) is 10.0 Å². The van der Waals surface area contributed by atoms with Gasteiger partial charge in [-0.3, -0.25) is 0 Å². The number of aryl methyl sites for hydroxylation is 1. The molecule has 1 N–H and O–H groups in total. The van der Waals surface area contributed by atoms with E-state index in [9.17, 15) is 8.42 Å². The van der Waals surface area contributed by atoms with Crippen molar-refractivity contribution in [3.8, 4) is 0 Å². The van der Waals surface area contributed by atoms with Crippen molar-refractivity contribution >= 4 is 32.4 Å². The van der Waals surface area contributed by atoms with Crippen molar-refractivity contribution in [1.82, 2.24) is 19.2 Å². The predicted molar refractivity (Wildman–Crippen MR) is 128 cm³/mol. The van der Waals surface area contributed by atoms with Gasteiger partial charge in [-0.05, 0) is 42.0 Å². The van der Waals surface area contributed by atoms with Crippen molar-refractivity contribution in [1.29, 1.82) is 0 Å². The molecule has 1 aliphatic rings. The molecule has 174 valence electrons. The lowest BCUT2D eigenvalue weighted by atomic mass is 9.86. The van der Waals surface area contributed by atoms with E-state index in [1.807, 2.05) is 6.07 Å². The maximum atomic E-state index is 13.1. The van der Waals surface area contributed by atoms with Crippen LogP contribution in [-0.2, 0) is 27.8 Å². The molecule has 32 heavy (non-hydrogen) atoms. The Labute approximate surface area is 194 Å². The number of nitrogens with zero attached hydrogens (tertiary/aromatic N) is 3. The second-order valence-corrected chi connectivity index (χ2v) is 12.1. The monoisotopic (exact) mass is 476 g/mol. The molecule has 7 nitrogen and oxygen atoms in total. The number of rotatable bonds is 7. The number of nitrogens with one attached hydrogen (secondary N) is 1. The Morgan fingerprint density at radius 3 is 2.59 bits per heavy atom. The number of hydrogen-bond acceptors (Lipinski definition) is 6. The number of fused-ring (bicyclic) bond motifs is 1. The summed E-state index contributed by atoms with van der Waals surface area (Å²) < 4.78 is 35.1. The van der Waals surface area contributed by atoms with Crippen LogP contribution in [-0.4, -0.2) is 48.6 Å². The van der Waals surface area contributed by atoms with Gasteiger partial charge in [-0.15, -0.1) is 11.3 Å². The quantitative estimate of drug-likeness (QED) is 0.557. The van der Waals surface area contributed by atoms with Gasteiger partial charge in [0.25, 0.3) is 0 Å². The standard InChI is InChI=1S/C23H32N4O3S2/c1-5-27-19-9-8-17(32(28,29)26-10-12-30-13-11-26)15-18(19)25-21(27)16-24-22(23(2,3)4)20-7-6-14-31-20/h6-9,14-15,22,24H,5,10-13,16H2,1-4H3. The second kappa shape index (κ2) is 9.23. The highest BCUT2D eigenvalue weighted by molar-refractivity contribution is 7.89. The molecule has 1 fully saturated rings. The van der Waals surface area contributed by atoms with Crippen LogP contribution >= 0.6 is 11.3 Å². The first-order chi connectivity index (χ1) is 15.2. The molecule has 0 spiro atoms. The molecule has 9 heteroatoms. The SMILES string of the molecule is CCn1c(CNC(c2cccs2)C(C)(C)C)nc2cc(S(=O)(=O)N3CCOCC3)ccc21. The molecule has 1 aliphatic heterocycles. The third kappa shape index (κ3) is 4.63. The molecular weight excluding hydrogens is 444 g/mol. The zero-order chi connectivity index (χ0) is 22.9. The molecule has 2 aromatic heterocycles. The predicted octanol–water partition coefficient (Wildman–Crippen LogP) is 4.02. The van der Waals surface area contributed by atoms with E-state index in [1.54, 1.807) is 23.5 Å². The smallest absolute Gasteiger partial charge is 0.243 e. The first kappa shape index (κ1) is 23.4. The van der Waals surface area contributed by atoms with Crippen molar-refractivity contribution in [2.24, 2.45) is 5.41 Å². The van der Waals surface area contributed by atoms with Crippen molar-refractivity contribution in [3.05, 3.63) is 46.4 Å². The van der Waals surface area contributed by atoms with Gasteiger partial charge in [0, 0.05) is 30.6 Å². The number of ether oxygens (including phenoxy) is 1. The number of thiophene rings is 1. The number of hydrogen-bond donors (Lipinski definition) is 1. The molecule has 1 unspecified atom stereocenters. The minimum absolute atomic E-state index is 0.0489. The van der Waals surface area contributed by atoms with Gasteiger partial charge >= 0.3 is 0 Å². The summed E-state index contributed by atoms with van der Waals surface area (Å²) in [5.41, 5.74) is 1.71. The molecule has 1 atom stereocenters. The zero-order valence-corrected chi connectivity index (χ0v) is 20.8. The number of sulfonamides is 1. The largest absolute Gasteiger partial charge is 0.379 e. The highest BCUT2D eigenvalue weighted by atomic mass is 32.2. The summed E-state index contributed by atoms with van der Waals surface area (Å²) in [6, 6.07) is 9.73. The third-order valence-electron chi connectivity index (χ3n) is 5.88. The summed E-state index contributed by atoms with van der Waals surface area (Å²) in [4.78, 5) is 6.43. The van der Waals surface area contributed by atoms with Crippen LogP contribution in [0.1, 0.15) is 44.4 Å². The maximum absolute atomic E-state index is 13.1. The second-order valence-electron chi connectivity index (χ2n) is 9.13. The van der Waals surface area contributed by atoms with Gasteiger partial charge in [0.15, 0.2) is 0 Å². The molecule has 0 aliphatic carbocycles. The minimum atomic E-state index is -3.55. The van der Waals surface area contributed by atoms with Crippen LogP contribution < -0.4 is 5.32 Å². The Morgan fingerprint density at radius 2 is 1.97 bits per heavy atom. The van der Waals surface area contributed by atoms with Crippen LogP contribution in [0.15, 0.2) is 40.6 Å². The van der Waals surface area contributed by atoms with Crippen LogP contribution in [0, 0.1) is 5.41 Å². The number of aromatic nitrogens is 2. The summed E-state index contributed by atoms with van der Waals surface area (Å²) >= 11 is 1.76. The Balaban J connectivity index is 1.63. The number of benzene rings is 1. The number of imidazole rings is 1. The lowest BCUT2D eigenvalue weighted by molar-refractivity contribution is 0.0730. The highest BCUT2D eigenvalue weighted by Gasteiger charge is 2.29. The first-order valence-corrected chi connectivity index (χ1v) is 13.4. The summed E-state index contributed by atoms with van der Waals surface area (Å²) in [5.74, 6) is 0.911. The first-order valence-electron chi connectivity index (χ1n) is 11.1. The highest BCUT2D eigenvalue weighted by Crippen LogP contribution is 2.35. The fourth-order valence-electron chi connectivity index (χ4n) is 4.23. The van der Waals surface area contributed by atoms with E-state index in [1.165, 1.54) is 9.18 Å². The van der Waals surface area contributed by atoms with Gasteiger partial charge in [-0.2, -0.15) is 4.31 Å². The van der Waals surface area contributed by atoms with Crippen LogP contribution in [0.25, 0.3) is 11.0 Å². The van der Waals surface area contributed by atoms with E-state index >= 15 is 0 Å². The molecule has 3 aromatic rings. The van der Waals surface area contributed by atoms with Gasteiger partial charge < -0.3 is 14.6 Å². The molecule has 1 aromatic carbocycles. The Bertz CT molecular complexity index is 1160. The van der Waals surface area contributed by atoms with E-state index in [2.05, 4.69) is 55.1 Å². The van der Waals surface area contributed by atoms with Gasteiger partial charge in [-0.25, -0.2) is 13.4 Å². The van der Waals surface area contributed by atoms with E-state index in [-0.39, 0.29) is 11.5 Å². The molecule has 0 radical (unpaired) electrons. The molecule has 0 bridgehead atoms. The van der Waals surface area contributed by atoms with Crippen molar-refractivity contribution in [2.45, 2.75) is 51.7 Å². The van der Waals surface area contributed by atoms with Gasteiger partial charge in [0.05, 0.1) is 35.7 Å². The topological polar surface area (TPSA) is 76.5 Å². The zero-order valence-electron chi connectivity index (χ0n) is 19.2. The van der Waals surface area contributed by atoms with Crippen LogP contribution in [0.4, 0.5) is 0 Å². The molecule has 3 heterocycles. The maximum Gasteiger partial charge on any atom is 0.243 e. The van der Waals surface area contributed by atoms with E-state index in [0.717, 1.165) is 17.9 Å². The summed E-state index contributed by atoms with van der Waals surface area (Å²) in [6.45, 7) is 11.8. The molecular formula is C23H32N4O3S2. The summed E-state index contributed by atoms with van der Waals surface area (Å²) in [5, 5.41) is 5.80. The molecule has 4 rings (SSSR count). The van der Waals surface area contributed by atoms with Crippen molar-refractivity contribution < 1.29 is 13.2 Å². The van der Waals surface area contributed by atoms with Gasteiger partial charge in [0.1, 0.15) is 5.82 Å². The van der Waals surface area contributed by atoms with E-state index in [4.69, 9.17) is 9.72 Å². The molecule has 0 saturated carbocycles. The van der Waals surface area contributed by atoms with Crippen LogP contribution in [0.3, 0.4) is 0 Å². The number of morpholine rings is 1. The third-order valence-corrected chi connectivity index (χ3v) is 8.71. The van der Waals surface area contributed by atoms with Crippen LogP contribution in [0.5, 0.6) is 0 Å². The lowest BCUT2D eigenvalue weighted by Gasteiger charge is -2.31. The van der Waals surface area contributed by atoms with E-state index < -0.39 is 10.0 Å². The van der Waals surface area contributed by atoms with E-state index in [0.29, 0.717) is 43.3 Å². The average Bonchev–Trinajstić information content (AvgIpc) is 3.40. The Hall–Kier alpha value is -1.78. The van der Waals surface area contributed by atoms with Crippen LogP contribution in [0.2, 0.25) is 0 Å². The minimum Gasteiger partial charge on any atom is -0.379 e. The normalized spacial score (nSPS) is 17.1. The molecule has 1 saturated heterocycles.